The van der Waals surface area contributed by atoms with Gasteiger partial charge in [-0.1, -0.05) is 23.7 Å². The van der Waals surface area contributed by atoms with Gasteiger partial charge in [0.25, 0.3) is 0 Å². The zero-order chi connectivity index (χ0) is 12.1. The number of nitrogens with one attached hydrogen (secondary N) is 2. The van der Waals surface area contributed by atoms with Crippen molar-refractivity contribution >= 4 is 11.6 Å². The summed E-state index contributed by atoms with van der Waals surface area (Å²) in [6, 6.07) is 8.34. The van der Waals surface area contributed by atoms with Gasteiger partial charge in [0.2, 0.25) is 0 Å². The second kappa shape index (κ2) is 5.84. The van der Waals surface area contributed by atoms with Crippen LogP contribution in [0.2, 0.25) is 5.02 Å². The molecule has 90 valence electrons. The maximum absolute atomic E-state index is 5.98. The third kappa shape index (κ3) is 3.58. The third-order valence-electron chi connectivity index (χ3n) is 2.77. The zero-order valence-electron chi connectivity index (χ0n) is 9.78. The smallest absolute Gasteiger partial charge is 0.107 e. The van der Waals surface area contributed by atoms with E-state index in [1.54, 1.807) is 6.20 Å². The summed E-state index contributed by atoms with van der Waals surface area (Å²) in [4.78, 5) is 7.36. The summed E-state index contributed by atoms with van der Waals surface area (Å²) >= 11 is 5.98. The van der Waals surface area contributed by atoms with Crippen molar-refractivity contribution in [3.05, 3.63) is 53.1 Å². The van der Waals surface area contributed by atoms with Crippen LogP contribution in [0.3, 0.4) is 0 Å². The number of aromatic amines is 1. The molecule has 0 fully saturated rings. The molecule has 0 radical (unpaired) electrons. The Hall–Kier alpha value is -1.32. The zero-order valence-corrected chi connectivity index (χ0v) is 10.5. The molecule has 1 aromatic heterocycles. The summed E-state index contributed by atoms with van der Waals surface area (Å²) in [6.45, 7) is 0. The lowest BCUT2D eigenvalue weighted by Gasteiger charge is -2.15. The molecule has 17 heavy (non-hydrogen) atoms. The second-order valence-corrected chi connectivity index (χ2v) is 4.50. The largest absolute Gasteiger partial charge is 0.349 e. The molecular formula is C13H16ClN3. The first kappa shape index (κ1) is 12.1. The number of H-pyrrole nitrogens is 1. The summed E-state index contributed by atoms with van der Waals surface area (Å²) in [5.41, 5.74) is 1.24. The Morgan fingerprint density at radius 1 is 1.41 bits per heavy atom. The molecule has 1 unspecified atom stereocenters. The number of halogens is 1. The van der Waals surface area contributed by atoms with Crippen molar-refractivity contribution in [2.45, 2.75) is 18.9 Å². The molecule has 1 atom stereocenters. The molecule has 0 spiro atoms. The predicted molar refractivity (Wildman–Crippen MR) is 70.3 cm³/mol. The van der Waals surface area contributed by atoms with Crippen LogP contribution in [-0.2, 0) is 12.8 Å². The molecule has 0 aliphatic heterocycles. The van der Waals surface area contributed by atoms with Crippen LogP contribution in [0.4, 0.5) is 0 Å². The number of hydrogen-bond donors (Lipinski definition) is 2. The van der Waals surface area contributed by atoms with Crippen molar-refractivity contribution in [3.63, 3.8) is 0 Å². The van der Waals surface area contributed by atoms with Gasteiger partial charge in [0.05, 0.1) is 0 Å². The Morgan fingerprint density at radius 3 is 2.94 bits per heavy atom. The van der Waals surface area contributed by atoms with Crippen LogP contribution in [0, 0.1) is 0 Å². The lowest BCUT2D eigenvalue weighted by molar-refractivity contribution is 0.545. The Labute approximate surface area is 106 Å². The van der Waals surface area contributed by atoms with Gasteiger partial charge in [0, 0.05) is 29.9 Å². The normalized spacial score (nSPS) is 12.6. The minimum absolute atomic E-state index is 0.361. The fraction of sp³-hybridized carbons (Fsp3) is 0.308. The minimum atomic E-state index is 0.361. The van der Waals surface area contributed by atoms with Crippen molar-refractivity contribution in [1.82, 2.24) is 15.3 Å². The van der Waals surface area contributed by atoms with Gasteiger partial charge >= 0.3 is 0 Å². The lowest BCUT2D eigenvalue weighted by Crippen LogP contribution is -2.30. The topological polar surface area (TPSA) is 40.7 Å². The summed E-state index contributed by atoms with van der Waals surface area (Å²) in [6.07, 6.45) is 5.46. The highest BCUT2D eigenvalue weighted by atomic mass is 35.5. The van der Waals surface area contributed by atoms with Gasteiger partial charge in [0.15, 0.2) is 0 Å². The molecule has 2 rings (SSSR count). The van der Waals surface area contributed by atoms with E-state index in [0.29, 0.717) is 6.04 Å². The van der Waals surface area contributed by atoms with E-state index in [2.05, 4.69) is 21.4 Å². The Bertz CT molecular complexity index is 453. The Morgan fingerprint density at radius 2 is 2.29 bits per heavy atom. The molecule has 2 N–H and O–H groups in total. The molecule has 0 bridgehead atoms. The molecular weight excluding hydrogens is 234 g/mol. The number of nitrogens with zero attached hydrogens (tertiary/aromatic N) is 1. The van der Waals surface area contributed by atoms with Crippen molar-refractivity contribution < 1.29 is 0 Å². The van der Waals surface area contributed by atoms with Gasteiger partial charge in [-0.3, -0.25) is 0 Å². The lowest BCUT2D eigenvalue weighted by atomic mass is 10.0. The maximum Gasteiger partial charge on any atom is 0.107 e. The summed E-state index contributed by atoms with van der Waals surface area (Å²) < 4.78 is 0. The van der Waals surface area contributed by atoms with Crippen LogP contribution in [0.1, 0.15) is 11.4 Å². The van der Waals surface area contributed by atoms with Crippen LogP contribution in [-0.4, -0.2) is 23.1 Å². The first-order chi connectivity index (χ1) is 8.28. The summed E-state index contributed by atoms with van der Waals surface area (Å²) in [7, 11) is 1.97. The van der Waals surface area contributed by atoms with Crippen molar-refractivity contribution in [1.29, 1.82) is 0 Å². The minimum Gasteiger partial charge on any atom is -0.349 e. The van der Waals surface area contributed by atoms with Gasteiger partial charge in [-0.25, -0.2) is 4.98 Å². The van der Waals surface area contributed by atoms with E-state index in [9.17, 15) is 0 Å². The maximum atomic E-state index is 5.98. The molecule has 1 aromatic carbocycles. The molecule has 4 heteroatoms. The monoisotopic (exact) mass is 249 g/mol. The van der Waals surface area contributed by atoms with Gasteiger partial charge in [0.1, 0.15) is 5.82 Å². The molecule has 3 nitrogen and oxygen atoms in total. The average Bonchev–Trinajstić information content (AvgIpc) is 2.81. The molecule has 1 heterocycles. The third-order valence-corrected chi connectivity index (χ3v) is 3.01. The van der Waals surface area contributed by atoms with Gasteiger partial charge in [-0.2, -0.15) is 0 Å². The first-order valence-corrected chi connectivity index (χ1v) is 6.05. The van der Waals surface area contributed by atoms with Crippen LogP contribution < -0.4 is 5.32 Å². The molecule has 0 aliphatic carbocycles. The van der Waals surface area contributed by atoms with Crippen molar-refractivity contribution in [3.8, 4) is 0 Å². The summed E-state index contributed by atoms with van der Waals surface area (Å²) in [5.74, 6) is 1.01. The van der Waals surface area contributed by atoms with E-state index in [-0.39, 0.29) is 0 Å². The molecule has 0 aliphatic rings. The van der Waals surface area contributed by atoms with Crippen LogP contribution >= 0.6 is 11.6 Å². The predicted octanol–water partition coefficient (Wildman–Crippen LogP) is 2.44. The first-order valence-electron chi connectivity index (χ1n) is 5.68. The number of aromatic nitrogens is 2. The number of benzene rings is 1. The molecule has 0 saturated heterocycles. The van der Waals surface area contributed by atoms with E-state index in [1.165, 1.54) is 5.56 Å². The standard InChI is InChI=1S/C13H16ClN3/c1-15-12(9-13-16-5-6-17-13)8-10-3-2-4-11(14)7-10/h2-7,12,15H,8-9H2,1H3,(H,16,17). The van der Waals surface area contributed by atoms with Crippen molar-refractivity contribution in [2.75, 3.05) is 7.05 Å². The highest BCUT2D eigenvalue weighted by Gasteiger charge is 2.09. The van der Waals surface area contributed by atoms with Crippen molar-refractivity contribution in [2.24, 2.45) is 0 Å². The van der Waals surface area contributed by atoms with E-state index in [0.717, 1.165) is 23.7 Å². The van der Waals surface area contributed by atoms with Crippen LogP contribution in [0.15, 0.2) is 36.7 Å². The molecule has 0 saturated carbocycles. The van der Waals surface area contributed by atoms with Gasteiger partial charge < -0.3 is 10.3 Å². The Kier molecular flexibility index (Phi) is 4.18. The number of likely N-dealkylation sites (N-methyl/N-ethyl adjacent to an activating group) is 1. The highest BCUT2D eigenvalue weighted by Crippen LogP contribution is 2.13. The summed E-state index contributed by atoms with van der Waals surface area (Å²) in [5, 5.41) is 4.09. The quantitative estimate of drug-likeness (QED) is 0.855. The van der Waals surface area contributed by atoms with E-state index in [4.69, 9.17) is 11.6 Å². The van der Waals surface area contributed by atoms with E-state index >= 15 is 0 Å². The molecule has 2 aromatic rings. The van der Waals surface area contributed by atoms with Crippen LogP contribution in [0.5, 0.6) is 0 Å². The molecule has 0 amide bonds. The number of rotatable bonds is 5. The highest BCUT2D eigenvalue weighted by molar-refractivity contribution is 6.30. The van der Waals surface area contributed by atoms with Gasteiger partial charge in [-0.05, 0) is 31.2 Å². The second-order valence-electron chi connectivity index (χ2n) is 4.06. The van der Waals surface area contributed by atoms with E-state index in [1.807, 2.05) is 31.4 Å². The fourth-order valence-corrected chi connectivity index (χ4v) is 2.08. The van der Waals surface area contributed by atoms with Crippen LogP contribution in [0.25, 0.3) is 0 Å². The van der Waals surface area contributed by atoms with E-state index < -0.39 is 0 Å². The number of hydrogen-bond acceptors (Lipinski definition) is 2. The Balaban J connectivity index is 2.00. The number of imidazole rings is 1. The fourth-order valence-electron chi connectivity index (χ4n) is 1.87. The van der Waals surface area contributed by atoms with Gasteiger partial charge in [-0.15, -0.1) is 0 Å². The average molecular weight is 250 g/mol. The SMILES string of the molecule is CNC(Cc1cccc(Cl)c1)Cc1ncc[nH]1.